The van der Waals surface area contributed by atoms with Gasteiger partial charge in [0.15, 0.2) is 0 Å². The second-order valence-electron chi connectivity index (χ2n) is 6.92. The summed E-state index contributed by atoms with van der Waals surface area (Å²) >= 11 is 3.31. The SMILES string of the molecule is CCOc1ccc(N(CC(=O)NCCC(C)C)S(=O)(=O)c2ccc(Br)cc2)cc1. The molecule has 2 aromatic rings. The predicted octanol–water partition coefficient (Wildman–Crippen LogP) is 4.21. The van der Waals surface area contributed by atoms with Gasteiger partial charge in [-0.3, -0.25) is 9.10 Å². The van der Waals surface area contributed by atoms with E-state index in [-0.39, 0.29) is 17.3 Å². The number of carbonyl (C=O) groups excluding carboxylic acids is 1. The predicted molar refractivity (Wildman–Crippen MR) is 119 cm³/mol. The van der Waals surface area contributed by atoms with Gasteiger partial charge < -0.3 is 10.1 Å². The molecule has 0 saturated carbocycles. The summed E-state index contributed by atoms with van der Waals surface area (Å²) in [7, 11) is -3.92. The summed E-state index contributed by atoms with van der Waals surface area (Å²) in [5.41, 5.74) is 0.399. The molecule has 0 fully saturated rings. The van der Waals surface area contributed by atoms with E-state index in [1.165, 1.54) is 12.1 Å². The highest BCUT2D eigenvalue weighted by atomic mass is 79.9. The van der Waals surface area contributed by atoms with Crippen LogP contribution in [0, 0.1) is 5.92 Å². The van der Waals surface area contributed by atoms with Crippen molar-refractivity contribution in [1.82, 2.24) is 5.32 Å². The van der Waals surface area contributed by atoms with Crippen molar-refractivity contribution in [2.75, 3.05) is 24.0 Å². The lowest BCUT2D eigenvalue weighted by Gasteiger charge is -2.24. The molecule has 0 heterocycles. The number of anilines is 1. The van der Waals surface area contributed by atoms with Gasteiger partial charge >= 0.3 is 0 Å². The van der Waals surface area contributed by atoms with Crippen molar-refractivity contribution in [3.63, 3.8) is 0 Å². The second kappa shape index (κ2) is 10.6. The van der Waals surface area contributed by atoms with E-state index in [1.807, 2.05) is 6.92 Å². The lowest BCUT2D eigenvalue weighted by atomic mass is 10.1. The van der Waals surface area contributed by atoms with Gasteiger partial charge in [-0.15, -0.1) is 0 Å². The van der Waals surface area contributed by atoms with Gasteiger partial charge in [-0.05, 0) is 67.8 Å². The first kappa shape index (κ1) is 23.2. The van der Waals surface area contributed by atoms with Crippen LogP contribution in [0.1, 0.15) is 27.2 Å². The van der Waals surface area contributed by atoms with Crippen molar-refractivity contribution in [1.29, 1.82) is 0 Å². The Bertz CT molecular complexity index is 897. The Kier molecular flexibility index (Phi) is 8.52. The molecule has 8 heteroatoms. The van der Waals surface area contributed by atoms with Crippen LogP contribution >= 0.6 is 15.9 Å². The molecule has 0 saturated heterocycles. The summed E-state index contributed by atoms with van der Waals surface area (Å²) < 4.78 is 33.9. The van der Waals surface area contributed by atoms with E-state index in [9.17, 15) is 13.2 Å². The highest BCUT2D eigenvalue weighted by Gasteiger charge is 2.27. The number of nitrogens with one attached hydrogen (secondary N) is 1. The Balaban J connectivity index is 2.31. The van der Waals surface area contributed by atoms with Crippen molar-refractivity contribution < 1.29 is 17.9 Å². The average Bonchev–Trinajstić information content (AvgIpc) is 2.67. The van der Waals surface area contributed by atoms with Crippen LogP contribution in [0.5, 0.6) is 5.75 Å². The first-order valence-electron chi connectivity index (χ1n) is 9.52. The van der Waals surface area contributed by atoms with Crippen molar-refractivity contribution in [2.45, 2.75) is 32.1 Å². The Morgan fingerprint density at radius 1 is 1.10 bits per heavy atom. The maximum atomic E-state index is 13.3. The molecule has 0 bridgehead atoms. The van der Waals surface area contributed by atoms with Gasteiger partial charge in [-0.1, -0.05) is 29.8 Å². The first-order chi connectivity index (χ1) is 13.7. The minimum absolute atomic E-state index is 0.115. The molecule has 0 aliphatic rings. The number of hydrogen-bond donors (Lipinski definition) is 1. The standard InChI is InChI=1S/C21H27BrN2O4S/c1-4-28-19-9-7-18(8-10-19)24(15-21(25)23-14-13-16(2)3)29(26,27)20-11-5-17(22)6-12-20/h5-12,16H,4,13-15H2,1-3H3,(H,23,25). The van der Waals surface area contributed by atoms with Crippen LogP contribution in [0.3, 0.4) is 0 Å². The van der Waals surface area contributed by atoms with Gasteiger partial charge in [0.1, 0.15) is 12.3 Å². The largest absolute Gasteiger partial charge is 0.494 e. The van der Waals surface area contributed by atoms with Crippen LogP contribution in [0.25, 0.3) is 0 Å². The molecular formula is C21H27BrN2O4S. The summed E-state index contributed by atoms with van der Waals surface area (Å²) in [4.78, 5) is 12.6. The quantitative estimate of drug-likeness (QED) is 0.550. The zero-order valence-electron chi connectivity index (χ0n) is 16.9. The van der Waals surface area contributed by atoms with E-state index >= 15 is 0 Å². The number of benzene rings is 2. The number of halogens is 1. The maximum absolute atomic E-state index is 13.3. The Morgan fingerprint density at radius 3 is 2.28 bits per heavy atom. The second-order valence-corrected chi connectivity index (χ2v) is 9.70. The fourth-order valence-electron chi connectivity index (χ4n) is 2.61. The van der Waals surface area contributed by atoms with Crippen LogP contribution in [0.4, 0.5) is 5.69 Å². The number of nitrogens with zero attached hydrogens (tertiary/aromatic N) is 1. The van der Waals surface area contributed by atoms with Gasteiger partial charge in [0, 0.05) is 11.0 Å². The fraction of sp³-hybridized carbons (Fsp3) is 0.381. The molecule has 1 N–H and O–H groups in total. The van der Waals surface area contributed by atoms with Crippen LogP contribution in [0.15, 0.2) is 57.9 Å². The van der Waals surface area contributed by atoms with Gasteiger partial charge in [0.25, 0.3) is 10.0 Å². The number of amides is 1. The van der Waals surface area contributed by atoms with Crippen molar-refractivity contribution in [3.8, 4) is 5.75 Å². The molecule has 2 rings (SSSR count). The number of rotatable bonds is 10. The molecule has 29 heavy (non-hydrogen) atoms. The highest BCUT2D eigenvalue weighted by molar-refractivity contribution is 9.10. The summed E-state index contributed by atoms with van der Waals surface area (Å²) in [5, 5.41) is 2.80. The fourth-order valence-corrected chi connectivity index (χ4v) is 4.30. The maximum Gasteiger partial charge on any atom is 0.264 e. The lowest BCUT2D eigenvalue weighted by molar-refractivity contribution is -0.119. The summed E-state index contributed by atoms with van der Waals surface area (Å²) in [5.74, 6) is 0.739. The minimum atomic E-state index is -3.92. The molecule has 158 valence electrons. The van der Waals surface area contributed by atoms with Crippen LogP contribution in [0.2, 0.25) is 0 Å². The average molecular weight is 483 g/mol. The summed E-state index contributed by atoms with van der Waals surface area (Å²) in [6.45, 7) is 6.72. The molecular weight excluding hydrogens is 456 g/mol. The third-order valence-corrected chi connectivity index (χ3v) is 6.49. The monoisotopic (exact) mass is 482 g/mol. The van der Waals surface area contributed by atoms with Crippen LogP contribution < -0.4 is 14.4 Å². The Morgan fingerprint density at radius 2 is 1.72 bits per heavy atom. The van der Waals surface area contributed by atoms with Crippen LogP contribution in [-0.2, 0) is 14.8 Å². The molecule has 0 aromatic heterocycles. The van der Waals surface area contributed by atoms with Gasteiger partial charge in [0.2, 0.25) is 5.91 Å². The minimum Gasteiger partial charge on any atom is -0.494 e. The number of ether oxygens (including phenoxy) is 1. The lowest BCUT2D eigenvalue weighted by Crippen LogP contribution is -2.41. The van der Waals surface area contributed by atoms with Crippen molar-refractivity contribution in [3.05, 3.63) is 53.0 Å². The number of carbonyl (C=O) groups is 1. The normalized spacial score (nSPS) is 11.3. The van der Waals surface area contributed by atoms with Crippen molar-refractivity contribution in [2.24, 2.45) is 5.92 Å². The van der Waals surface area contributed by atoms with E-state index < -0.39 is 10.0 Å². The molecule has 0 radical (unpaired) electrons. The number of sulfonamides is 1. The smallest absolute Gasteiger partial charge is 0.264 e. The van der Waals surface area contributed by atoms with E-state index in [0.29, 0.717) is 30.5 Å². The van der Waals surface area contributed by atoms with Gasteiger partial charge in [0.05, 0.1) is 17.2 Å². The molecule has 0 aliphatic carbocycles. The topological polar surface area (TPSA) is 75.7 Å². The Hall–Kier alpha value is -2.06. The third kappa shape index (κ3) is 6.75. The summed E-state index contributed by atoms with van der Waals surface area (Å²) in [6.07, 6.45) is 0.828. The Labute approximate surface area is 181 Å². The van der Waals surface area contributed by atoms with E-state index in [2.05, 4.69) is 35.1 Å². The number of hydrogen-bond acceptors (Lipinski definition) is 4. The first-order valence-corrected chi connectivity index (χ1v) is 11.7. The molecule has 2 aromatic carbocycles. The summed E-state index contributed by atoms with van der Waals surface area (Å²) in [6, 6.07) is 13.0. The van der Waals surface area contributed by atoms with E-state index in [4.69, 9.17) is 4.74 Å². The van der Waals surface area contributed by atoms with Crippen LogP contribution in [-0.4, -0.2) is 34.0 Å². The van der Waals surface area contributed by atoms with Gasteiger partial charge in [-0.2, -0.15) is 0 Å². The third-order valence-electron chi connectivity index (χ3n) is 4.17. The highest BCUT2D eigenvalue weighted by Crippen LogP contribution is 2.26. The molecule has 0 unspecified atom stereocenters. The van der Waals surface area contributed by atoms with E-state index in [0.717, 1.165) is 15.2 Å². The van der Waals surface area contributed by atoms with Crippen molar-refractivity contribution >= 4 is 37.5 Å². The van der Waals surface area contributed by atoms with E-state index in [1.54, 1.807) is 36.4 Å². The molecule has 6 nitrogen and oxygen atoms in total. The molecule has 0 aliphatic heterocycles. The van der Waals surface area contributed by atoms with Gasteiger partial charge in [-0.25, -0.2) is 8.42 Å². The molecule has 1 amide bonds. The molecule has 0 atom stereocenters. The zero-order chi connectivity index (χ0) is 21.4. The molecule has 0 spiro atoms. The zero-order valence-corrected chi connectivity index (χ0v) is 19.3.